The summed E-state index contributed by atoms with van der Waals surface area (Å²) in [5.74, 6) is -0.811. The number of carbonyl (C=O) groups is 1. The first-order valence-corrected chi connectivity index (χ1v) is 7.26. The monoisotopic (exact) mass is 320 g/mol. The number of carbonyl (C=O) groups excluding carboxylic acids is 1. The first-order valence-electron chi connectivity index (χ1n) is 7.26. The van der Waals surface area contributed by atoms with Gasteiger partial charge in [-0.3, -0.25) is 0 Å². The van der Waals surface area contributed by atoms with E-state index in [1.165, 1.54) is 6.07 Å². The van der Waals surface area contributed by atoms with Crippen molar-refractivity contribution in [2.24, 2.45) is 0 Å². The summed E-state index contributed by atoms with van der Waals surface area (Å²) < 4.78 is 15.3. The van der Waals surface area contributed by atoms with Gasteiger partial charge >= 0.3 is 11.6 Å². The van der Waals surface area contributed by atoms with Gasteiger partial charge in [-0.05, 0) is 25.0 Å². The van der Waals surface area contributed by atoms with Crippen LogP contribution in [0.4, 0.5) is 0 Å². The predicted molar refractivity (Wildman–Crippen MR) is 78.9 cm³/mol. The Hall–Kier alpha value is -2.22. The van der Waals surface area contributed by atoms with E-state index < -0.39 is 30.1 Å². The lowest BCUT2D eigenvalue weighted by molar-refractivity contribution is -0.221. The summed E-state index contributed by atoms with van der Waals surface area (Å²) in [7, 11) is 0. The standard InChI is InChI=1S/C16H16O7/c17-12-6-5-10(22-16(12)20)8-21-14(18)11-7-9-3-1-2-4-13(9)23-15(11)19/h1-4,7,10,12,16-17,20H,5-6,8H2. The van der Waals surface area contributed by atoms with E-state index in [9.17, 15) is 19.8 Å². The van der Waals surface area contributed by atoms with Crippen LogP contribution >= 0.6 is 0 Å². The Balaban J connectivity index is 1.69. The minimum atomic E-state index is -1.29. The summed E-state index contributed by atoms with van der Waals surface area (Å²) in [6, 6.07) is 8.26. The molecule has 1 aromatic carbocycles. The highest BCUT2D eigenvalue weighted by Gasteiger charge is 2.29. The predicted octanol–water partition coefficient (Wildman–Crippen LogP) is 0.808. The summed E-state index contributed by atoms with van der Waals surface area (Å²) in [6.45, 7) is -0.116. The lowest BCUT2D eigenvalue weighted by atomic mass is 10.1. The van der Waals surface area contributed by atoms with Gasteiger partial charge in [-0.2, -0.15) is 0 Å². The molecule has 0 aliphatic carbocycles. The van der Waals surface area contributed by atoms with Gasteiger partial charge in [-0.1, -0.05) is 18.2 Å². The largest absolute Gasteiger partial charge is 0.459 e. The molecule has 0 radical (unpaired) electrons. The molecule has 3 rings (SSSR count). The Bertz CT molecular complexity index is 766. The molecule has 0 bridgehead atoms. The van der Waals surface area contributed by atoms with Gasteiger partial charge in [0, 0.05) is 5.39 Å². The number of aliphatic hydroxyl groups is 2. The van der Waals surface area contributed by atoms with Crippen molar-refractivity contribution in [3.8, 4) is 0 Å². The van der Waals surface area contributed by atoms with Crippen molar-refractivity contribution >= 4 is 16.9 Å². The summed E-state index contributed by atoms with van der Waals surface area (Å²) in [4.78, 5) is 23.9. The van der Waals surface area contributed by atoms with Crippen LogP contribution in [0.15, 0.2) is 39.5 Å². The highest BCUT2D eigenvalue weighted by molar-refractivity contribution is 5.92. The van der Waals surface area contributed by atoms with Crippen molar-refractivity contribution < 1.29 is 28.9 Å². The summed E-state index contributed by atoms with van der Waals surface area (Å²) in [5, 5.41) is 19.4. The number of esters is 1. The molecule has 1 saturated heterocycles. The molecule has 3 unspecified atom stereocenters. The molecular formula is C16H16O7. The van der Waals surface area contributed by atoms with Crippen LogP contribution in [0.3, 0.4) is 0 Å². The van der Waals surface area contributed by atoms with Gasteiger partial charge in [-0.25, -0.2) is 9.59 Å². The molecule has 2 N–H and O–H groups in total. The second kappa shape index (κ2) is 6.49. The molecule has 0 spiro atoms. The number of para-hydroxylation sites is 1. The second-order valence-electron chi connectivity index (χ2n) is 5.38. The van der Waals surface area contributed by atoms with Crippen LogP contribution in [0.1, 0.15) is 23.2 Å². The van der Waals surface area contributed by atoms with E-state index in [-0.39, 0.29) is 12.2 Å². The smallest absolute Gasteiger partial charge is 0.351 e. The van der Waals surface area contributed by atoms with Gasteiger partial charge in [0.25, 0.3) is 0 Å². The first kappa shape index (κ1) is 15.7. The first-order chi connectivity index (χ1) is 11.0. The lowest BCUT2D eigenvalue weighted by Crippen LogP contribution is -2.40. The van der Waals surface area contributed by atoms with Crippen molar-refractivity contribution in [1.29, 1.82) is 0 Å². The zero-order valence-corrected chi connectivity index (χ0v) is 12.2. The zero-order valence-electron chi connectivity index (χ0n) is 12.2. The van der Waals surface area contributed by atoms with E-state index in [4.69, 9.17) is 13.9 Å². The Labute approximate surface area is 131 Å². The van der Waals surface area contributed by atoms with Gasteiger partial charge in [0.15, 0.2) is 6.29 Å². The Morgan fingerprint density at radius 3 is 2.83 bits per heavy atom. The Kier molecular flexibility index (Phi) is 4.42. The average Bonchev–Trinajstić information content (AvgIpc) is 2.55. The van der Waals surface area contributed by atoms with Crippen molar-refractivity contribution in [2.75, 3.05) is 6.61 Å². The molecule has 1 aliphatic rings. The number of fused-ring (bicyclic) bond motifs is 1. The third-order valence-electron chi connectivity index (χ3n) is 3.71. The highest BCUT2D eigenvalue weighted by Crippen LogP contribution is 2.19. The third-order valence-corrected chi connectivity index (χ3v) is 3.71. The number of aliphatic hydroxyl groups excluding tert-OH is 2. The van der Waals surface area contributed by atoms with Crippen LogP contribution in [-0.4, -0.2) is 41.3 Å². The molecule has 7 heteroatoms. The zero-order chi connectivity index (χ0) is 16.4. The van der Waals surface area contributed by atoms with Crippen LogP contribution in [0, 0.1) is 0 Å². The minimum absolute atomic E-state index is 0.116. The van der Waals surface area contributed by atoms with Gasteiger partial charge in [-0.15, -0.1) is 0 Å². The fraction of sp³-hybridized carbons (Fsp3) is 0.375. The fourth-order valence-electron chi connectivity index (χ4n) is 2.43. The number of ether oxygens (including phenoxy) is 2. The van der Waals surface area contributed by atoms with E-state index >= 15 is 0 Å². The average molecular weight is 320 g/mol. The molecule has 3 atom stereocenters. The quantitative estimate of drug-likeness (QED) is 0.636. The maximum Gasteiger partial charge on any atom is 0.351 e. The van der Waals surface area contributed by atoms with Crippen LogP contribution in [0.5, 0.6) is 0 Å². The van der Waals surface area contributed by atoms with Crippen molar-refractivity contribution in [1.82, 2.24) is 0 Å². The molecule has 122 valence electrons. The Morgan fingerprint density at radius 1 is 1.26 bits per heavy atom. The van der Waals surface area contributed by atoms with E-state index in [1.54, 1.807) is 24.3 Å². The molecule has 0 saturated carbocycles. The number of hydrogen-bond donors (Lipinski definition) is 2. The Morgan fingerprint density at radius 2 is 2.04 bits per heavy atom. The van der Waals surface area contributed by atoms with Crippen molar-refractivity contribution in [3.05, 3.63) is 46.3 Å². The number of hydrogen-bond acceptors (Lipinski definition) is 7. The normalized spacial score (nSPS) is 24.5. The van der Waals surface area contributed by atoms with E-state index in [0.29, 0.717) is 23.8 Å². The molecule has 7 nitrogen and oxygen atoms in total. The molecular weight excluding hydrogens is 304 g/mol. The summed E-state index contributed by atoms with van der Waals surface area (Å²) in [6.07, 6.45) is -1.96. The lowest BCUT2D eigenvalue weighted by Gasteiger charge is -2.30. The maximum atomic E-state index is 12.0. The minimum Gasteiger partial charge on any atom is -0.459 e. The van der Waals surface area contributed by atoms with Gasteiger partial charge in [0.05, 0.1) is 6.10 Å². The van der Waals surface area contributed by atoms with Gasteiger partial charge < -0.3 is 24.1 Å². The van der Waals surface area contributed by atoms with E-state index in [1.807, 2.05) is 0 Å². The second-order valence-corrected chi connectivity index (χ2v) is 5.38. The molecule has 1 aromatic heterocycles. The number of benzene rings is 1. The highest BCUT2D eigenvalue weighted by atomic mass is 16.6. The third kappa shape index (κ3) is 3.42. The van der Waals surface area contributed by atoms with Gasteiger partial charge in [0.1, 0.15) is 23.9 Å². The molecule has 0 amide bonds. The summed E-state index contributed by atoms with van der Waals surface area (Å²) >= 11 is 0. The molecule has 2 aromatic rings. The molecule has 1 aliphatic heterocycles. The molecule has 23 heavy (non-hydrogen) atoms. The molecule has 1 fully saturated rings. The molecule has 2 heterocycles. The van der Waals surface area contributed by atoms with Gasteiger partial charge in [0.2, 0.25) is 0 Å². The van der Waals surface area contributed by atoms with E-state index in [2.05, 4.69) is 0 Å². The van der Waals surface area contributed by atoms with Crippen LogP contribution in [0.25, 0.3) is 11.0 Å². The van der Waals surface area contributed by atoms with Crippen molar-refractivity contribution in [2.45, 2.75) is 31.3 Å². The maximum absolute atomic E-state index is 12.0. The van der Waals surface area contributed by atoms with Crippen LogP contribution in [0.2, 0.25) is 0 Å². The topological polar surface area (TPSA) is 106 Å². The van der Waals surface area contributed by atoms with Crippen LogP contribution in [-0.2, 0) is 9.47 Å². The van der Waals surface area contributed by atoms with Crippen LogP contribution < -0.4 is 5.63 Å². The fourth-order valence-corrected chi connectivity index (χ4v) is 2.43. The number of rotatable bonds is 3. The summed E-state index contributed by atoms with van der Waals surface area (Å²) in [5.41, 5.74) is -0.574. The van der Waals surface area contributed by atoms with E-state index in [0.717, 1.165) is 0 Å². The SMILES string of the molecule is O=C(OCC1CCC(O)C(O)O1)c1cc2ccccc2oc1=O. The van der Waals surface area contributed by atoms with Crippen molar-refractivity contribution in [3.63, 3.8) is 0 Å².